The first-order chi connectivity index (χ1) is 13.0. The number of halogens is 3. The molecule has 13 nitrogen and oxygen atoms in total. The van der Waals surface area contributed by atoms with Crippen LogP contribution in [0.3, 0.4) is 0 Å². The number of hydrogen-bond acceptors (Lipinski definition) is 9. The van der Waals surface area contributed by atoms with Crippen LogP contribution in [-0.2, 0) is 28.5 Å². The van der Waals surface area contributed by atoms with E-state index in [4.69, 9.17) is 70.2 Å². The summed E-state index contributed by atoms with van der Waals surface area (Å²) in [5.41, 5.74) is 17.4. The van der Waals surface area contributed by atoms with Gasteiger partial charge in [0.2, 0.25) is 18.3 Å². The zero-order chi connectivity index (χ0) is 21.5. The highest BCUT2D eigenvalue weighted by Gasteiger charge is 2.51. The molecule has 1 rings (SSSR count). The van der Waals surface area contributed by atoms with Crippen molar-refractivity contribution in [1.82, 2.24) is 0 Å². The third kappa shape index (κ3) is 6.79. The Balaban J connectivity index is 3.38. The molecule has 0 amide bonds. The van der Waals surface area contributed by atoms with Crippen molar-refractivity contribution in [2.75, 3.05) is 6.54 Å². The van der Waals surface area contributed by atoms with Crippen molar-refractivity contribution >= 4 is 52.6 Å². The van der Waals surface area contributed by atoms with Crippen LogP contribution in [0.25, 0.3) is 20.9 Å². The lowest BCUT2D eigenvalue weighted by Crippen LogP contribution is -2.61. The van der Waals surface area contributed by atoms with Crippen LogP contribution in [0.15, 0.2) is 10.2 Å². The molecule has 0 radical (unpaired) electrons. The number of carbonyl (C=O) groups excluding carboxylic acids is 2. The molecule has 16 heteroatoms. The number of rotatable bonds is 6. The van der Waals surface area contributed by atoms with Gasteiger partial charge in [-0.1, -0.05) is 45.0 Å². The first-order valence-electron chi connectivity index (χ1n) is 7.38. The van der Waals surface area contributed by atoms with Crippen molar-refractivity contribution < 1.29 is 28.5 Å². The third-order valence-corrected chi connectivity index (χ3v) is 3.74. The van der Waals surface area contributed by atoms with Crippen molar-refractivity contribution in [1.29, 1.82) is 5.41 Å². The first kappa shape index (κ1) is 23.9. The third-order valence-electron chi connectivity index (χ3n) is 3.22. The highest BCUT2D eigenvalue weighted by atomic mass is 35.6. The van der Waals surface area contributed by atoms with Crippen LogP contribution < -0.4 is 0 Å². The van der Waals surface area contributed by atoms with Gasteiger partial charge in [0.1, 0.15) is 6.04 Å². The molecule has 1 aliphatic rings. The Morgan fingerprint density at radius 2 is 1.68 bits per heavy atom. The number of alkyl halides is 3. The molecule has 0 aromatic rings. The van der Waals surface area contributed by atoms with Crippen LogP contribution in [0.1, 0.15) is 13.8 Å². The summed E-state index contributed by atoms with van der Waals surface area (Å²) in [5, 5.41) is 14.5. The molecule has 0 spiro atoms. The van der Waals surface area contributed by atoms with Gasteiger partial charge in [0.15, 0.2) is 6.10 Å². The summed E-state index contributed by atoms with van der Waals surface area (Å²) >= 11 is 16.7. The molecular formula is C12H14Cl3N7O6. The first-order valence-corrected chi connectivity index (χ1v) is 8.52. The van der Waals surface area contributed by atoms with Crippen molar-refractivity contribution in [3.63, 3.8) is 0 Å². The van der Waals surface area contributed by atoms with Crippen molar-refractivity contribution in [2.24, 2.45) is 10.2 Å². The van der Waals surface area contributed by atoms with E-state index in [1.807, 2.05) is 0 Å². The largest absolute Gasteiger partial charge is 0.458 e. The quantitative estimate of drug-likeness (QED) is 0.121. The lowest BCUT2D eigenvalue weighted by atomic mass is 9.96. The van der Waals surface area contributed by atoms with Gasteiger partial charge in [0.25, 0.3) is 3.79 Å². The topological polar surface area (TPSA) is 192 Å². The van der Waals surface area contributed by atoms with E-state index in [0.717, 1.165) is 13.8 Å². The zero-order valence-electron chi connectivity index (χ0n) is 14.4. The Morgan fingerprint density at radius 1 is 1.11 bits per heavy atom. The Labute approximate surface area is 172 Å². The standard InChI is InChI=1S/C12H14Cl3N7O6/c1-4(23)25-8-7(20-22-18)6(3-19-21-17)27-10(9(8)26-5(2)24)28-11(16)12(13,14)15/h6-10,16H,3H2,1-2H3/t6-,7-,8+,9-,10-/m1/s1. The number of hydrogen-bond donors (Lipinski definition) is 1. The fourth-order valence-corrected chi connectivity index (χ4v) is 2.41. The van der Waals surface area contributed by atoms with Gasteiger partial charge >= 0.3 is 11.9 Å². The van der Waals surface area contributed by atoms with Crippen molar-refractivity contribution in [3.05, 3.63) is 20.9 Å². The molecule has 154 valence electrons. The van der Waals surface area contributed by atoms with Crippen molar-refractivity contribution in [2.45, 2.75) is 48.3 Å². The molecule has 1 heterocycles. The smallest absolute Gasteiger partial charge is 0.303 e. The minimum atomic E-state index is -2.27. The number of azide groups is 2. The molecule has 1 aliphatic heterocycles. The normalized spacial score (nSPS) is 26.8. The Hall–Kier alpha value is -2.14. The number of nitrogens with one attached hydrogen (secondary N) is 1. The van der Waals surface area contributed by atoms with Gasteiger partial charge in [-0.15, -0.1) is 0 Å². The molecular weight excluding hydrogens is 445 g/mol. The molecule has 0 aliphatic carbocycles. The van der Waals surface area contributed by atoms with Crippen molar-refractivity contribution in [3.8, 4) is 0 Å². The fraction of sp³-hybridized carbons (Fsp3) is 0.750. The van der Waals surface area contributed by atoms with E-state index in [9.17, 15) is 9.59 Å². The van der Waals surface area contributed by atoms with Gasteiger partial charge in [-0.05, 0) is 11.1 Å². The second kappa shape index (κ2) is 10.4. The maximum atomic E-state index is 11.5. The minimum Gasteiger partial charge on any atom is -0.458 e. The molecule has 0 aromatic heterocycles. The average Bonchev–Trinajstić information content (AvgIpc) is 2.56. The second-order valence-corrected chi connectivity index (χ2v) is 7.53. The maximum absolute atomic E-state index is 11.5. The number of nitrogens with zero attached hydrogens (tertiary/aromatic N) is 6. The van der Waals surface area contributed by atoms with Crippen LogP contribution in [0.4, 0.5) is 0 Å². The summed E-state index contributed by atoms with van der Waals surface area (Å²) in [7, 11) is 0. The molecule has 5 atom stereocenters. The predicted molar refractivity (Wildman–Crippen MR) is 95.8 cm³/mol. The van der Waals surface area contributed by atoms with E-state index in [1.54, 1.807) is 0 Å². The van der Waals surface area contributed by atoms with Crippen LogP contribution in [0.5, 0.6) is 0 Å². The zero-order valence-corrected chi connectivity index (χ0v) is 16.6. The summed E-state index contributed by atoms with van der Waals surface area (Å²) in [6.07, 6.45) is -5.68. The second-order valence-electron chi connectivity index (χ2n) is 5.24. The molecule has 0 aromatic carbocycles. The number of ether oxygens (including phenoxy) is 4. The van der Waals surface area contributed by atoms with Crippen LogP contribution >= 0.6 is 34.8 Å². The summed E-state index contributed by atoms with van der Waals surface area (Å²) in [4.78, 5) is 28.3. The van der Waals surface area contributed by atoms with E-state index < -0.39 is 52.3 Å². The Morgan fingerprint density at radius 3 is 2.14 bits per heavy atom. The minimum absolute atomic E-state index is 0.369. The van der Waals surface area contributed by atoms with E-state index in [2.05, 4.69) is 20.1 Å². The van der Waals surface area contributed by atoms with Crippen LogP contribution in [0, 0.1) is 5.41 Å². The molecule has 1 N–H and O–H groups in total. The van der Waals surface area contributed by atoms with Gasteiger partial charge in [-0.25, -0.2) is 0 Å². The average molecular weight is 459 g/mol. The Bertz CT molecular complexity index is 719. The maximum Gasteiger partial charge on any atom is 0.303 e. The van der Waals surface area contributed by atoms with Gasteiger partial charge in [-0.3, -0.25) is 15.0 Å². The molecule has 1 fully saturated rings. The van der Waals surface area contributed by atoms with Gasteiger partial charge in [0.05, 0.1) is 12.6 Å². The van der Waals surface area contributed by atoms with Gasteiger partial charge in [0, 0.05) is 23.7 Å². The SMILES string of the molecule is CC(=O)O[C@H]1[C@@H](OC(=N)C(Cl)(Cl)Cl)O[C@H](CN=[N+]=[N-])[C@@H](N=[N+]=[N-])[C@@H]1OC(C)=O. The van der Waals surface area contributed by atoms with E-state index in [1.165, 1.54) is 0 Å². The molecule has 1 saturated heterocycles. The van der Waals surface area contributed by atoms with E-state index in [0.29, 0.717) is 0 Å². The summed E-state index contributed by atoms with van der Waals surface area (Å²) in [6, 6.07) is -1.26. The number of carbonyl (C=O) groups is 2. The monoisotopic (exact) mass is 457 g/mol. The van der Waals surface area contributed by atoms with E-state index >= 15 is 0 Å². The summed E-state index contributed by atoms with van der Waals surface area (Å²) < 4.78 is 18.6. The molecule has 0 bridgehead atoms. The van der Waals surface area contributed by atoms with Gasteiger partial charge < -0.3 is 18.9 Å². The van der Waals surface area contributed by atoms with Gasteiger partial charge in [-0.2, -0.15) is 0 Å². The van der Waals surface area contributed by atoms with Crippen LogP contribution in [0.2, 0.25) is 0 Å². The number of esters is 2. The summed E-state index contributed by atoms with van der Waals surface area (Å²) in [6.45, 7) is 1.75. The lowest BCUT2D eigenvalue weighted by molar-refractivity contribution is -0.257. The summed E-state index contributed by atoms with van der Waals surface area (Å²) in [5.74, 6) is -2.51. The molecule has 28 heavy (non-hydrogen) atoms. The predicted octanol–water partition coefficient (Wildman–Crippen LogP) is 2.93. The fourth-order valence-electron chi connectivity index (χ4n) is 2.28. The van der Waals surface area contributed by atoms with Crippen LogP contribution in [-0.4, -0.2) is 58.8 Å². The highest BCUT2D eigenvalue weighted by molar-refractivity contribution is 6.76. The molecule has 0 unspecified atom stereocenters. The lowest BCUT2D eigenvalue weighted by Gasteiger charge is -2.43. The molecule has 0 saturated carbocycles. The highest BCUT2D eigenvalue weighted by Crippen LogP contribution is 2.33. The Kier molecular flexibility index (Phi) is 8.89. The van der Waals surface area contributed by atoms with E-state index in [-0.39, 0.29) is 6.54 Å².